The molecule has 0 fully saturated rings. The zero-order valence-electron chi connectivity index (χ0n) is 8.61. The summed E-state index contributed by atoms with van der Waals surface area (Å²) in [5.41, 5.74) is 5.56. The summed E-state index contributed by atoms with van der Waals surface area (Å²) in [4.78, 5) is 11.2. The lowest BCUT2D eigenvalue weighted by Gasteiger charge is -2.14. The smallest absolute Gasteiger partial charge is 0.288 e. The van der Waals surface area contributed by atoms with Gasteiger partial charge in [0.15, 0.2) is 0 Å². The van der Waals surface area contributed by atoms with Crippen LogP contribution in [0.3, 0.4) is 0 Å². The Morgan fingerprint density at radius 2 is 2.06 bits per heavy atom. The van der Waals surface area contributed by atoms with Crippen LogP contribution in [0.25, 0.3) is 0 Å². The first-order valence-corrected chi connectivity index (χ1v) is 5.48. The van der Waals surface area contributed by atoms with Gasteiger partial charge in [0.25, 0.3) is 5.76 Å². The van der Waals surface area contributed by atoms with Crippen molar-refractivity contribution in [3.8, 4) is 0 Å². The minimum Gasteiger partial charge on any atom is -0.373 e. The van der Waals surface area contributed by atoms with Crippen LogP contribution in [0.4, 0.5) is 14.5 Å². The van der Waals surface area contributed by atoms with Crippen LogP contribution >= 0.6 is 11.8 Å². The molecule has 3 N–H and O–H groups in total. The molecule has 6 heteroatoms. The second-order valence-corrected chi connectivity index (χ2v) is 4.17. The predicted octanol–water partition coefficient (Wildman–Crippen LogP) is 2.29. The van der Waals surface area contributed by atoms with Crippen LogP contribution in [0.1, 0.15) is 6.92 Å². The highest BCUT2D eigenvalue weighted by Gasteiger charge is 2.13. The Morgan fingerprint density at radius 3 is 2.62 bits per heavy atom. The van der Waals surface area contributed by atoms with Gasteiger partial charge in [0.1, 0.15) is 6.04 Å². The Bertz CT molecular complexity index is 374. The molecule has 0 aliphatic rings. The quantitative estimate of drug-likeness (QED) is 0.784. The molecule has 1 aromatic rings. The Hall–Kier alpha value is -1.30. The number of halogens is 2. The molecule has 1 aromatic carbocycles. The molecule has 0 spiro atoms. The lowest BCUT2D eigenvalue weighted by atomic mass is 10.2. The molecule has 16 heavy (non-hydrogen) atoms. The average Bonchev–Trinajstić information content (AvgIpc) is 2.20. The molecule has 0 radical (unpaired) electrons. The SMILES string of the molecule is CC(Nc1ccccc1SC(F)F)C(N)=O. The summed E-state index contributed by atoms with van der Waals surface area (Å²) < 4.78 is 24.5. The van der Waals surface area contributed by atoms with E-state index in [1.165, 1.54) is 0 Å². The largest absolute Gasteiger partial charge is 0.373 e. The number of hydrogen-bond acceptors (Lipinski definition) is 3. The van der Waals surface area contributed by atoms with Crippen molar-refractivity contribution in [1.82, 2.24) is 0 Å². The third kappa shape index (κ3) is 3.69. The minimum absolute atomic E-state index is 0.394. The monoisotopic (exact) mass is 246 g/mol. The second kappa shape index (κ2) is 5.69. The number of carbonyl (C=O) groups excluding carboxylic acids is 1. The predicted molar refractivity (Wildman–Crippen MR) is 60.6 cm³/mol. The molecular formula is C10H12F2N2OS. The van der Waals surface area contributed by atoms with Crippen molar-refractivity contribution in [2.24, 2.45) is 5.73 Å². The molecule has 1 rings (SSSR count). The van der Waals surface area contributed by atoms with Gasteiger partial charge in [-0.1, -0.05) is 23.9 Å². The first-order chi connectivity index (χ1) is 7.50. The number of thioether (sulfide) groups is 1. The van der Waals surface area contributed by atoms with Crippen LogP contribution in [0, 0.1) is 0 Å². The number of rotatable bonds is 5. The van der Waals surface area contributed by atoms with Crippen molar-refractivity contribution in [1.29, 1.82) is 0 Å². The summed E-state index contributed by atoms with van der Waals surface area (Å²) in [6.45, 7) is 1.58. The van der Waals surface area contributed by atoms with E-state index in [-0.39, 0.29) is 0 Å². The third-order valence-corrected chi connectivity index (χ3v) is 2.69. The highest BCUT2D eigenvalue weighted by atomic mass is 32.2. The van der Waals surface area contributed by atoms with Crippen molar-refractivity contribution < 1.29 is 13.6 Å². The molecule has 0 aliphatic carbocycles. The van der Waals surface area contributed by atoms with Crippen molar-refractivity contribution in [3.63, 3.8) is 0 Å². The fourth-order valence-corrected chi connectivity index (χ4v) is 1.69. The first-order valence-electron chi connectivity index (χ1n) is 4.60. The molecular weight excluding hydrogens is 234 g/mol. The number of para-hydroxylation sites is 1. The third-order valence-electron chi connectivity index (χ3n) is 1.90. The molecule has 1 atom stereocenters. The zero-order chi connectivity index (χ0) is 12.1. The van der Waals surface area contributed by atoms with Crippen molar-refractivity contribution in [2.45, 2.75) is 23.6 Å². The van der Waals surface area contributed by atoms with E-state index < -0.39 is 17.7 Å². The fraction of sp³-hybridized carbons (Fsp3) is 0.300. The van der Waals surface area contributed by atoms with Gasteiger partial charge in [0.2, 0.25) is 5.91 Å². The molecule has 0 saturated heterocycles. The van der Waals surface area contributed by atoms with E-state index in [9.17, 15) is 13.6 Å². The number of amides is 1. The van der Waals surface area contributed by atoms with E-state index in [0.29, 0.717) is 22.3 Å². The zero-order valence-corrected chi connectivity index (χ0v) is 9.43. The maximum absolute atomic E-state index is 12.2. The molecule has 0 saturated carbocycles. The Balaban J connectivity index is 2.82. The van der Waals surface area contributed by atoms with E-state index in [1.807, 2.05) is 0 Å². The minimum atomic E-state index is -2.49. The van der Waals surface area contributed by atoms with Gasteiger partial charge in [0, 0.05) is 10.6 Å². The van der Waals surface area contributed by atoms with Crippen LogP contribution in [0.5, 0.6) is 0 Å². The number of alkyl halides is 2. The molecule has 0 aliphatic heterocycles. The lowest BCUT2D eigenvalue weighted by molar-refractivity contribution is -0.118. The summed E-state index contributed by atoms with van der Waals surface area (Å²) >= 11 is 0.431. The Kier molecular flexibility index (Phi) is 4.54. The number of benzene rings is 1. The van der Waals surface area contributed by atoms with Gasteiger partial charge >= 0.3 is 0 Å². The van der Waals surface area contributed by atoms with Crippen LogP contribution < -0.4 is 11.1 Å². The maximum atomic E-state index is 12.2. The standard InChI is InChI=1S/C10H12F2N2OS/c1-6(9(13)15)14-7-4-2-3-5-8(7)16-10(11)12/h2-6,10,14H,1H3,(H2,13,15). The molecule has 1 amide bonds. The summed E-state index contributed by atoms with van der Waals surface area (Å²) in [6, 6.07) is 5.95. The number of anilines is 1. The van der Waals surface area contributed by atoms with E-state index in [4.69, 9.17) is 5.73 Å². The molecule has 3 nitrogen and oxygen atoms in total. The molecule has 88 valence electrons. The van der Waals surface area contributed by atoms with Gasteiger partial charge in [-0.3, -0.25) is 4.79 Å². The maximum Gasteiger partial charge on any atom is 0.288 e. The normalized spacial score (nSPS) is 12.5. The number of carbonyl (C=O) groups is 1. The number of hydrogen-bond donors (Lipinski definition) is 2. The summed E-state index contributed by atoms with van der Waals surface area (Å²) in [5.74, 6) is -3.02. The van der Waals surface area contributed by atoms with Crippen molar-refractivity contribution >= 4 is 23.4 Å². The van der Waals surface area contributed by atoms with Gasteiger partial charge < -0.3 is 11.1 Å². The summed E-state index contributed by atoms with van der Waals surface area (Å²) in [5, 5.41) is 2.79. The Labute approximate surface area is 96.4 Å². The van der Waals surface area contributed by atoms with Gasteiger partial charge in [-0.25, -0.2) is 0 Å². The van der Waals surface area contributed by atoms with E-state index in [0.717, 1.165) is 0 Å². The van der Waals surface area contributed by atoms with Crippen LogP contribution in [-0.4, -0.2) is 17.7 Å². The molecule has 0 heterocycles. The topological polar surface area (TPSA) is 55.1 Å². The summed E-state index contributed by atoms with van der Waals surface area (Å²) in [7, 11) is 0. The van der Waals surface area contributed by atoms with Crippen molar-refractivity contribution in [2.75, 3.05) is 5.32 Å². The van der Waals surface area contributed by atoms with E-state index in [1.54, 1.807) is 31.2 Å². The highest BCUT2D eigenvalue weighted by molar-refractivity contribution is 7.99. The number of nitrogens with two attached hydrogens (primary N) is 1. The first kappa shape index (κ1) is 12.8. The number of primary amides is 1. The van der Waals surface area contributed by atoms with Gasteiger partial charge in [-0.2, -0.15) is 8.78 Å². The van der Waals surface area contributed by atoms with Crippen molar-refractivity contribution in [3.05, 3.63) is 24.3 Å². The van der Waals surface area contributed by atoms with Crippen LogP contribution in [-0.2, 0) is 4.79 Å². The lowest BCUT2D eigenvalue weighted by Crippen LogP contribution is -2.32. The Morgan fingerprint density at radius 1 is 1.44 bits per heavy atom. The second-order valence-electron chi connectivity index (χ2n) is 3.14. The molecule has 0 bridgehead atoms. The number of nitrogens with one attached hydrogen (secondary N) is 1. The highest BCUT2D eigenvalue weighted by Crippen LogP contribution is 2.31. The van der Waals surface area contributed by atoms with E-state index in [2.05, 4.69) is 5.32 Å². The van der Waals surface area contributed by atoms with Gasteiger partial charge in [0.05, 0.1) is 0 Å². The van der Waals surface area contributed by atoms with Gasteiger partial charge in [-0.15, -0.1) is 0 Å². The van der Waals surface area contributed by atoms with Crippen LogP contribution in [0.2, 0.25) is 0 Å². The average molecular weight is 246 g/mol. The van der Waals surface area contributed by atoms with E-state index >= 15 is 0 Å². The molecule has 0 aromatic heterocycles. The van der Waals surface area contributed by atoms with Gasteiger partial charge in [-0.05, 0) is 19.1 Å². The molecule has 1 unspecified atom stereocenters. The van der Waals surface area contributed by atoms with Crippen LogP contribution in [0.15, 0.2) is 29.2 Å². The summed E-state index contributed by atoms with van der Waals surface area (Å²) in [6.07, 6.45) is 0. The fourth-order valence-electron chi connectivity index (χ4n) is 1.09.